The highest BCUT2D eigenvalue weighted by atomic mass is 35.5. The van der Waals surface area contributed by atoms with Gasteiger partial charge in [0.2, 0.25) is 0 Å². The third-order valence-corrected chi connectivity index (χ3v) is 4.69. The fraction of sp³-hybridized carbons (Fsp3) is 0.588. The fourth-order valence-corrected chi connectivity index (χ4v) is 3.21. The first kappa shape index (κ1) is 16.7. The summed E-state index contributed by atoms with van der Waals surface area (Å²) in [5, 5.41) is 3.57. The third kappa shape index (κ3) is 4.44. The minimum atomic E-state index is -0.350. The van der Waals surface area contributed by atoms with E-state index in [0.717, 1.165) is 51.3 Å². The highest BCUT2D eigenvalue weighted by Crippen LogP contribution is 2.24. The minimum absolute atomic E-state index is 0.0913. The van der Waals surface area contributed by atoms with E-state index >= 15 is 0 Å². The van der Waals surface area contributed by atoms with E-state index in [1.54, 1.807) is 0 Å². The Morgan fingerprint density at radius 2 is 2.13 bits per heavy atom. The van der Waals surface area contributed by atoms with E-state index in [0.29, 0.717) is 10.7 Å². The lowest BCUT2D eigenvalue weighted by atomic mass is 10.1. The molecule has 2 fully saturated rings. The summed E-state index contributed by atoms with van der Waals surface area (Å²) in [5.41, 5.74) is 1.78. The second kappa shape index (κ2) is 7.62. The van der Waals surface area contributed by atoms with Crippen molar-refractivity contribution in [3.05, 3.63) is 28.8 Å². The number of anilines is 1. The summed E-state index contributed by atoms with van der Waals surface area (Å²) < 4.78 is 10.9. The van der Waals surface area contributed by atoms with Crippen LogP contribution in [-0.4, -0.2) is 49.3 Å². The summed E-state index contributed by atoms with van der Waals surface area (Å²) >= 11 is 6.37. The molecular formula is C17H23ClN2O3. The van der Waals surface area contributed by atoms with Crippen LogP contribution in [0.1, 0.15) is 25.3 Å². The molecule has 5 nitrogen and oxygen atoms in total. The maximum Gasteiger partial charge on any atom is 0.253 e. The lowest BCUT2D eigenvalue weighted by Crippen LogP contribution is -2.35. The van der Waals surface area contributed by atoms with Gasteiger partial charge in [0, 0.05) is 30.3 Å². The zero-order valence-corrected chi connectivity index (χ0v) is 14.1. The highest BCUT2D eigenvalue weighted by molar-refractivity contribution is 6.31. The van der Waals surface area contributed by atoms with Crippen molar-refractivity contribution in [2.24, 2.45) is 0 Å². The molecule has 2 heterocycles. The number of hydrogen-bond donors (Lipinski definition) is 1. The largest absolute Gasteiger partial charge is 0.379 e. The Morgan fingerprint density at radius 3 is 2.78 bits per heavy atom. The van der Waals surface area contributed by atoms with Crippen molar-refractivity contribution in [3.8, 4) is 0 Å². The van der Waals surface area contributed by atoms with Crippen LogP contribution in [-0.2, 0) is 20.8 Å². The average molecular weight is 339 g/mol. The van der Waals surface area contributed by atoms with Crippen molar-refractivity contribution < 1.29 is 14.3 Å². The summed E-state index contributed by atoms with van der Waals surface area (Å²) in [4.78, 5) is 14.5. The van der Waals surface area contributed by atoms with Crippen LogP contribution < -0.4 is 5.32 Å². The van der Waals surface area contributed by atoms with Gasteiger partial charge in [0.1, 0.15) is 6.10 Å². The third-order valence-electron chi connectivity index (χ3n) is 4.34. The lowest BCUT2D eigenvalue weighted by molar-refractivity contribution is -0.126. The van der Waals surface area contributed by atoms with E-state index < -0.39 is 0 Å². The minimum Gasteiger partial charge on any atom is -0.379 e. The Hall–Kier alpha value is -1.14. The van der Waals surface area contributed by atoms with Gasteiger partial charge in [0.15, 0.2) is 0 Å². The Balaban J connectivity index is 1.58. The Kier molecular flexibility index (Phi) is 5.54. The lowest BCUT2D eigenvalue weighted by Gasteiger charge is -2.27. The molecule has 0 radical (unpaired) electrons. The van der Waals surface area contributed by atoms with Crippen LogP contribution in [0.2, 0.25) is 5.02 Å². The fourth-order valence-electron chi connectivity index (χ4n) is 2.97. The molecule has 1 aromatic carbocycles. The maximum atomic E-state index is 12.2. The van der Waals surface area contributed by atoms with Crippen LogP contribution in [0.3, 0.4) is 0 Å². The molecule has 6 heteroatoms. The number of halogens is 1. The van der Waals surface area contributed by atoms with E-state index in [-0.39, 0.29) is 18.1 Å². The van der Waals surface area contributed by atoms with Crippen LogP contribution in [0.15, 0.2) is 18.2 Å². The maximum absolute atomic E-state index is 12.2. The van der Waals surface area contributed by atoms with Gasteiger partial charge in [-0.2, -0.15) is 0 Å². The number of hydrogen-bond acceptors (Lipinski definition) is 4. The normalized spacial score (nSPS) is 25.5. The van der Waals surface area contributed by atoms with E-state index in [1.165, 1.54) is 0 Å². The van der Waals surface area contributed by atoms with Gasteiger partial charge in [-0.25, -0.2) is 0 Å². The van der Waals surface area contributed by atoms with Crippen molar-refractivity contribution in [2.75, 3.05) is 31.6 Å². The predicted molar refractivity (Wildman–Crippen MR) is 89.7 cm³/mol. The highest BCUT2D eigenvalue weighted by Gasteiger charge is 2.28. The van der Waals surface area contributed by atoms with E-state index in [2.05, 4.69) is 10.2 Å². The van der Waals surface area contributed by atoms with E-state index in [1.807, 2.05) is 25.1 Å². The molecule has 2 aliphatic heterocycles. The molecule has 0 bridgehead atoms. The first-order chi connectivity index (χ1) is 11.1. The molecule has 126 valence electrons. The topological polar surface area (TPSA) is 50.8 Å². The molecule has 0 spiro atoms. The van der Waals surface area contributed by atoms with Gasteiger partial charge in [-0.05, 0) is 37.5 Å². The van der Waals surface area contributed by atoms with Crippen molar-refractivity contribution in [1.82, 2.24) is 4.90 Å². The van der Waals surface area contributed by atoms with Crippen LogP contribution in [0, 0.1) is 0 Å². The SMILES string of the molecule is C[C@@H]1CC[C@H](C(=O)Nc2ccc(CN3CCOCC3)c(Cl)c2)O1. The molecule has 1 aromatic rings. The molecule has 3 rings (SSSR count). The molecule has 0 unspecified atom stereocenters. The number of carbonyl (C=O) groups excluding carboxylic acids is 1. The second-order valence-electron chi connectivity index (χ2n) is 6.20. The number of carbonyl (C=O) groups is 1. The van der Waals surface area contributed by atoms with Gasteiger partial charge in [0.25, 0.3) is 5.91 Å². The van der Waals surface area contributed by atoms with Gasteiger partial charge in [-0.15, -0.1) is 0 Å². The molecule has 1 N–H and O–H groups in total. The number of amides is 1. The first-order valence-electron chi connectivity index (χ1n) is 8.16. The van der Waals surface area contributed by atoms with Gasteiger partial charge in [-0.3, -0.25) is 9.69 Å². The molecule has 0 aromatic heterocycles. The van der Waals surface area contributed by atoms with Crippen molar-refractivity contribution in [2.45, 2.75) is 38.5 Å². The van der Waals surface area contributed by atoms with Crippen molar-refractivity contribution in [3.63, 3.8) is 0 Å². The quantitative estimate of drug-likeness (QED) is 0.917. The predicted octanol–water partition coefficient (Wildman–Crippen LogP) is 2.68. The summed E-state index contributed by atoms with van der Waals surface area (Å²) in [6.07, 6.45) is 1.51. The van der Waals surface area contributed by atoms with Gasteiger partial charge in [0.05, 0.1) is 19.3 Å². The number of nitrogens with zero attached hydrogens (tertiary/aromatic N) is 1. The molecule has 0 aliphatic carbocycles. The Labute approximate surface area is 141 Å². The number of benzene rings is 1. The van der Waals surface area contributed by atoms with Crippen LogP contribution >= 0.6 is 11.6 Å². The molecule has 2 aliphatic rings. The molecule has 23 heavy (non-hydrogen) atoms. The smallest absolute Gasteiger partial charge is 0.253 e. The molecule has 1 amide bonds. The average Bonchev–Trinajstić information content (AvgIpc) is 2.98. The molecule has 2 saturated heterocycles. The number of ether oxygens (including phenoxy) is 2. The van der Waals surface area contributed by atoms with E-state index in [4.69, 9.17) is 21.1 Å². The first-order valence-corrected chi connectivity index (χ1v) is 8.54. The Morgan fingerprint density at radius 1 is 1.35 bits per heavy atom. The van der Waals surface area contributed by atoms with Gasteiger partial charge in [-0.1, -0.05) is 17.7 Å². The summed E-state index contributed by atoms with van der Waals surface area (Å²) in [6.45, 7) is 6.18. The molecule has 2 atom stereocenters. The van der Waals surface area contributed by atoms with Crippen molar-refractivity contribution in [1.29, 1.82) is 0 Å². The van der Waals surface area contributed by atoms with Crippen molar-refractivity contribution >= 4 is 23.2 Å². The molecular weight excluding hydrogens is 316 g/mol. The van der Waals surface area contributed by atoms with Crippen LogP contribution in [0.4, 0.5) is 5.69 Å². The summed E-state index contributed by atoms with van der Waals surface area (Å²) in [5.74, 6) is -0.0913. The number of rotatable bonds is 4. The van der Waals surface area contributed by atoms with Crippen LogP contribution in [0.25, 0.3) is 0 Å². The summed E-state index contributed by atoms with van der Waals surface area (Å²) in [6, 6.07) is 5.69. The standard InChI is InChI=1S/C17H23ClN2O3/c1-12-2-5-16(23-12)17(21)19-14-4-3-13(15(18)10-14)11-20-6-8-22-9-7-20/h3-4,10,12,16H,2,5-9,11H2,1H3,(H,19,21)/t12-,16-/m1/s1. The van der Waals surface area contributed by atoms with Gasteiger partial charge < -0.3 is 14.8 Å². The number of nitrogens with one attached hydrogen (secondary N) is 1. The summed E-state index contributed by atoms with van der Waals surface area (Å²) in [7, 11) is 0. The zero-order chi connectivity index (χ0) is 16.2. The van der Waals surface area contributed by atoms with Gasteiger partial charge >= 0.3 is 0 Å². The Bertz CT molecular complexity index is 561. The second-order valence-corrected chi connectivity index (χ2v) is 6.60. The molecule has 0 saturated carbocycles. The number of morpholine rings is 1. The monoisotopic (exact) mass is 338 g/mol. The van der Waals surface area contributed by atoms with Crippen LogP contribution in [0.5, 0.6) is 0 Å². The van der Waals surface area contributed by atoms with E-state index in [9.17, 15) is 4.79 Å². The zero-order valence-electron chi connectivity index (χ0n) is 13.4.